The minimum atomic E-state index is 0.475. The average molecular weight is 294 g/mol. The quantitative estimate of drug-likeness (QED) is 0.745. The van der Waals surface area contributed by atoms with Gasteiger partial charge in [0.05, 0.1) is 0 Å². The Morgan fingerprint density at radius 3 is 2.45 bits per heavy atom. The summed E-state index contributed by atoms with van der Waals surface area (Å²) in [6, 6.07) is 9.51. The van der Waals surface area contributed by atoms with Crippen LogP contribution in [0.4, 0.5) is 0 Å². The molecule has 1 aliphatic carbocycles. The van der Waals surface area contributed by atoms with Crippen molar-refractivity contribution in [2.45, 2.75) is 65.0 Å². The number of hydrogen-bond acceptors (Lipinski definition) is 1. The molecular formula is C18H28ClN. The highest BCUT2D eigenvalue weighted by Crippen LogP contribution is 2.31. The van der Waals surface area contributed by atoms with Crippen molar-refractivity contribution in [2.24, 2.45) is 11.8 Å². The third-order valence-electron chi connectivity index (χ3n) is 4.88. The summed E-state index contributed by atoms with van der Waals surface area (Å²) in [6.07, 6.45) is 6.40. The summed E-state index contributed by atoms with van der Waals surface area (Å²) in [5.74, 6) is 1.72. The van der Waals surface area contributed by atoms with Gasteiger partial charge in [-0.3, -0.25) is 0 Å². The summed E-state index contributed by atoms with van der Waals surface area (Å²) in [4.78, 5) is 0. The van der Waals surface area contributed by atoms with E-state index in [4.69, 9.17) is 11.6 Å². The molecule has 1 nitrogen and oxygen atoms in total. The predicted octanol–water partition coefficient (Wildman–Crippen LogP) is 5.60. The van der Waals surface area contributed by atoms with Crippen molar-refractivity contribution in [1.29, 1.82) is 0 Å². The molecule has 1 aromatic rings. The van der Waals surface area contributed by atoms with E-state index in [1.807, 2.05) is 12.1 Å². The van der Waals surface area contributed by atoms with Crippen LogP contribution >= 0.6 is 11.6 Å². The smallest absolute Gasteiger partial charge is 0.0406 e. The van der Waals surface area contributed by atoms with Crippen molar-refractivity contribution in [2.75, 3.05) is 0 Å². The first-order valence-corrected chi connectivity index (χ1v) is 8.49. The standard InChI is InChI=1S/C18H28ClN/c1-4-5-18(15-7-9-16(19)10-8-15)20-17-11-6-13(2)14(3)12-17/h7-10,13-14,17-18,20H,4-6,11-12H2,1-3H3. The molecule has 4 unspecified atom stereocenters. The highest BCUT2D eigenvalue weighted by atomic mass is 35.5. The van der Waals surface area contributed by atoms with Gasteiger partial charge in [-0.25, -0.2) is 0 Å². The molecule has 0 spiro atoms. The highest BCUT2D eigenvalue weighted by molar-refractivity contribution is 6.30. The summed E-state index contributed by atoms with van der Waals surface area (Å²) >= 11 is 6.00. The molecule has 1 N–H and O–H groups in total. The van der Waals surface area contributed by atoms with Gasteiger partial charge in [0, 0.05) is 17.1 Å². The van der Waals surface area contributed by atoms with Crippen LogP contribution in [-0.4, -0.2) is 6.04 Å². The summed E-state index contributed by atoms with van der Waals surface area (Å²) in [5.41, 5.74) is 1.38. The number of rotatable bonds is 5. The molecule has 0 aromatic heterocycles. The number of hydrogen-bond donors (Lipinski definition) is 1. The van der Waals surface area contributed by atoms with Gasteiger partial charge in [-0.05, 0) is 55.2 Å². The molecule has 1 aromatic carbocycles. The largest absolute Gasteiger partial charge is 0.307 e. The Balaban J connectivity index is 2.00. The van der Waals surface area contributed by atoms with E-state index >= 15 is 0 Å². The molecule has 0 saturated heterocycles. The molecule has 0 heterocycles. The first-order valence-electron chi connectivity index (χ1n) is 8.11. The van der Waals surface area contributed by atoms with Crippen LogP contribution in [0.1, 0.15) is 64.5 Å². The second kappa shape index (κ2) is 7.47. The summed E-state index contributed by atoms with van der Waals surface area (Å²) in [6.45, 7) is 7.05. The Bertz CT molecular complexity index is 400. The van der Waals surface area contributed by atoms with Gasteiger partial charge in [-0.2, -0.15) is 0 Å². The maximum absolute atomic E-state index is 6.00. The lowest BCUT2D eigenvalue weighted by Gasteiger charge is -2.35. The molecule has 4 atom stereocenters. The fraction of sp³-hybridized carbons (Fsp3) is 0.667. The van der Waals surface area contributed by atoms with Crippen molar-refractivity contribution in [3.63, 3.8) is 0 Å². The Morgan fingerprint density at radius 1 is 1.15 bits per heavy atom. The molecule has 20 heavy (non-hydrogen) atoms. The van der Waals surface area contributed by atoms with E-state index < -0.39 is 0 Å². The van der Waals surface area contributed by atoms with Gasteiger partial charge in [-0.1, -0.05) is 50.9 Å². The van der Waals surface area contributed by atoms with Gasteiger partial charge in [0.2, 0.25) is 0 Å². The number of halogens is 1. The zero-order chi connectivity index (χ0) is 14.5. The Hall–Kier alpha value is -0.530. The van der Waals surface area contributed by atoms with Crippen LogP contribution in [-0.2, 0) is 0 Å². The van der Waals surface area contributed by atoms with E-state index in [2.05, 4.69) is 38.2 Å². The van der Waals surface area contributed by atoms with Crippen molar-refractivity contribution in [3.8, 4) is 0 Å². The first-order chi connectivity index (χ1) is 9.60. The number of benzene rings is 1. The molecule has 1 aliphatic rings. The molecule has 0 amide bonds. The SMILES string of the molecule is CCCC(NC1CCC(C)C(C)C1)c1ccc(Cl)cc1. The van der Waals surface area contributed by atoms with Crippen LogP contribution in [0.2, 0.25) is 5.02 Å². The first kappa shape index (κ1) is 15.9. The van der Waals surface area contributed by atoms with E-state index in [1.165, 1.54) is 37.7 Å². The van der Waals surface area contributed by atoms with Crippen LogP contribution < -0.4 is 5.32 Å². The molecule has 112 valence electrons. The van der Waals surface area contributed by atoms with Gasteiger partial charge < -0.3 is 5.32 Å². The highest BCUT2D eigenvalue weighted by Gasteiger charge is 2.26. The average Bonchev–Trinajstić information content (AvgIpc) is 2.43. The Labute approximate surface area is 129 Å². The van der Waals surface area contributed by atoms with Crippen LogP contribution in [0.15, 0.2) is 24.3 Å². The van der Waals surface area contributed by atoms with Crippen LogP contribution in [0, 0.1) is 11.8 Å². The molecule has 1 fully saturated rings. The van der Waals surface area contributed by atoms with Crippen molar-refractivity contribution in [1.82, 2.24) is 5.32 Å². The van der Waals surface area contributed by atoms with E-state index in [9.17, 15) is 0 Å². The lowest BCUT2D eigenvalue weighted by Crippen LogP contribution is -2.38. The topological polar surface area (TPSA) is 12.0 Å². The fourth-order valence-electron chi connectivity index (χ4n) is 3.31. The molecule has 2 rings (SSSR count). The molecular weight excluding hydrogens is 266 g/mol. The minimum absolute atomic E-state index is 0.475. The Morgan fingerprint density at radius 2 is 1.85 bits per heavy atom. The Kier molecular flexibility index (Phi) is 5.92. The van der Waals surface area contributed by atoms with Crippen molar-refractivity contribution >= 4 is 11.6 Å². The molecule has 1 saturated carbocycles. The minimum Gasteiger partial charge on any atom is -0.307 e. The lowest BCUT2D eigenvalue weighted by atomic mass is 9.78. The van der Waals surface area contributed by atoms with Gasteiger partial charge in [0.15, 0.2) is 0 Å². The van der Waals surface area contributed by atoms with Crippen LogP contribution in [0.25, 0.3) is 0 Å². The van der Waals surface area contributed by atoms with E-state index in [1.54, 1.807) is 0 Å². The lowest BCUT2D eigenvalue weighted by molar-refractivity contribution is 0.212. The molecule has 0 radical (unpaired) electrons. The molecule has 0 aliphatic heterocycles. The zero-order valence-corrected chi connectivity index (χ0v) is 13.8. The third kappa shape index (κ3) is 4.23. The molecule has 0 bridgehead atoms. The second-order valence-corrected chi connectivity index (χ2v) is 6.96. The van der Waals surface area contributed by atoms with Gasteiger partial charge in [0.1, 0.15) is 0 Å². The van der Waals surface area contributed by atoms with E-state index in [0.29, 0.717) is 12.1 Å². The van der Waals surface area contributed by atoms with E-state index in [0.717, 1.165) is 16.9 Å². The van der Waals surface area contributed by atoms with Crippen molar-refractivity contribution in [3.05, 3.63) is 34.9 Å². The van der Waals surface area contributed by atoms with Crippen LogP contribution in [0.5, 0.6) is 0 Å². The van der Waals surface area contributed by atoms with E-state index in [-0.39, 0.29) is 0 Å². The van der Waals surface area contributed by atoms with Gasteiger partial charge in [0.25, 0.3) is 0 Å². The van der Waals surface area contributed by atoms with Crippen molar-refractivity contribution < 1.29 is 0 Å². The summed E-state index contributed by atoms with van der Waals surface area (Å²) in [5, 5.41) is 4.72. The predicted molar refractivity (Wildman–Crippen MR) is 88.2 cm³/mol. The summed E-state index contributed by atoms with van der Waals surface area (Å²) < 4.78 is 0. The zero-order valence-electron chi connectivity index (χ0n) is 13.0. The number of nitrogens with one attached hydrogen (secondary N) is 1. The van der Waals surface area contributed by atoms with Gasteiger partial charge >= 0.3 is 0 Å². The summed E-state index contributed by atoms with van der Waals surface area (Å²) in [7, 11) is 0. The molecule has 2 heteroatoms. The normalized spacial score (nSPS) is 28.3. The monoisotopic (exact) mass is 293 g/mol. The third-order valence-corrected chi connectivity index (χ3v) is 5.14. The fourth-order valence-corrected chi connectivity index (χ4v) is 3.44. The van der Waals surface area contributed by atoms with Crippen LogP contribution in [0.3, 0.4) is 0 Å². The maximum Gasteiger partial charge on any atom is 0.0406 e. The second-order valence-electron chi connectivity index (χ2n) is 6.52. The van der Waals surface area contributed by atoms with Gasteiger partial charge in [-0.15, -0.1) is 0 Å². The maximum atomic E-state index is 6.00.